The number of ketones is 1. The minimum absolute atomic E-state index is 0. The van der Waals surface area contributed by atoms with Crippen molar-refractivity contribution in [1.82, 2.24) is 14.8 Å². The summed E-state index contributed by atoms with van der Waals surface area (Å²) in [5.41, 5.74) is 3.47. The minimum atomic E-state index is 0. The number of carbonyl (C=O) groups excluding carboxylic acids is 1. The number of hydrogen-bond donors (Lipinski definition) is 0. The molecule has 0 radical (unpaired) electrons. The lowest BCUT2D eigenvalue weighted by atomic mass is 9.92. The number of thiazole rings is 1. The van der Waals surface area contributed by atoms with Crippen LogP contribution in [0, 0.1) is 0 Å². The summed E-state index contributed by atoms with van der Waals surface area (Å²) in [4.78, 5) is 17.9. The summed E-state index contributed by atoms with van der Waals surface area (Å²) in [5.74, 6) is 0.235. The van der Waals surface area contributed by atoms with Crippen LogP contribution in [0.2, 0.25) is 0 Å². The average Bonchev–Trinajstić information content (AvgIpc) is 3.19. The van der Waals surface area contributed by atoms with Crippen LogP contribution in [0.25, 0.3) is 0 Å². The Morgan fingerprint density at radius 3 is 2.21 bits per heavy atom. The lowest BCUT2D eigenvalue weighted by molar-refractivity contribution is 0.0951. The van der Waals surface area contributed by atoms with Gasteiger partial charge < -0.3 is 0 Å². The SMILES string of the molecule is C.CC(C)(C)c1cc2n(n1)CCCC2=O.CC(C)(C)c1nc2c(s1)CCCC2. The van der Waals surface area contributed by atoms with Crippen molar-refractivity contribution in [2.45, 2.75) is 105 Å². The van der Waals surface area contributed by atoms with Crippen LogP contribution in [0.3, 0.4) is 0 Å². The number of aryl methyl sites for hydroxylation is 3. The van der Waals surface area contributed by atoms with E-state index >= 15 is 0 Å². The molecule has 28 heavy (non-hydrogen) atoms. The first-order chi connectivity index (χ1) is 12.6. The van der Waals surface area contributed by atoms with Gasteiger partial charge in [0, 0.05) is 28.7 Å². The van der Waals surface area contributed by atoms with Gasteiger partial charge in [0.05, 0.1) is 16.4 Å². The molecular formula is C23H37N3OS. The van der Waals surface area contributed by atoms with Crippen LogP contribution in [0.4, 0.5) is 0 Å². The van der Waals surface area contributed by atoms with Crippen molar-refractivity contribution in [2.75, 3.05) is 0 Å². The Balaban J connectivity index is 0.000000194. The maximum absolute atomic E-state index is 11.6. The number of fused-ring (bicyclic) bond motifs is 2. The molecule has 0 saturated carbocycles. The van der Waals surface area contributed by atoms with E-state index in [0.717, 1.165) is 24.4 Å². The van der Waals surface area contributed by atoms with Gasteiger partial charge in [0.2, 0.25) is 0 Å². The quantitative estimate of drug-likeness (QED) is 0.533. The normalized spacial score (nSPS) is 16.4. The fourth-order valence-corrected chi connectivity index (χ4v) is 4.58. The molecule has 0 aromatic carbocycles. The third-order valence-electron chi connectivity index (χ3n) is 5.10. The summed E-state index contributed by atoms with van der Waals surface area (Å²) in [6, 6.07) is 1.95. The third-order valence-corrected chi connectivity index (χ3v) is 6.68. The number of nitrogens with zero attached hydrogens (tertiary/aromatic N) is 3. The van der Waals surface area contributed by atoms with Crippen molar-refractivity contribution in [2.24, 2.45) is 0 Å². The van der Waals surface area contributed by atoms with Gasteiger partial charge in [-0.1, -0.05) is 49.0 Å². The highest BCUT2D eigenvalue weighted by atomic mass is 32.1. The number of aromatic nitrogens is 3. The fourth-order valence-electron chi connectivity index (χ4n) is 3.37. The van der Waals surface area contributed by atoms with E-state index in [-0.39, 0.29) is 24.0 Å². The summed E-state index contributed by atoms with van der Waals surface area (Å²) in [7, 11) is 0. The molecule has 1 aliphatic heterocycles. The highest BCUT2D eigenvalue weighted by Gasteiger charge is 2.25. The molecule has 4 nitrogen and oxygen atoms in total. The van der Waals surface area contributed by atoms with Crippen molar-refractivity contribution in [3.05, 3.63) is 33.0 Å². The van der Waals surface area contributed by atoms with Gasteiger partial charge in [0.1, 0.15) is 5.69 Å². The second-order valence-electron chi connectivity index (χ2n) is 9.76. The molecule has 3 heterocycles. The molecule has 0 bridgehead atoms. The number of hydrogen-bond acceptors (Lipinski definition) is 4. The van der Waals surface area contributed by atoms with Gasteiger partial charge in [-0.05, 0) is 38.2 Å². The van der Waals surface area contributed by atoms with Crippen LogP contribution in [-0.2, 0) is 30.2 Å². The van der Waals surface area contributed by atoms with E-state index in [1.807, 2.05) is 22.1 Å². The maximum Gasteiger partial charge on any atom is 0.180 e. The Morgan fingerprint density at radius 1 is 0.964 bits per heavy atom. The van der Waals surface area contributed by atoms with Gasteiger partial charge >= 0.3 is 0 Å². The summed E-state index contributed by atoms with van der Waals surface area (Å²) in [5, 5.41) is 5.79. The molecule has 2 aromatic heterocycles. The van der Waals surface area contributed by atoms with Crippen molar-refractivity contribution in [1.29, 1.82) is 0 Å². The van der Waals surface area contributed by atoms with E-state index in [0.29, 0.717) is 6.42 Å². The van der Waals surface area contributed by atoms with Gasteiger partial charge in [-0.25, -0.2) is 4.98 Å². The summed E-state index contributed by atoms with van der Waals surface area (Å²) in [6.45, 7) is 14.0. The predicted octanol–water partition coefficient (Wildman–Crippen LogP) is 6.11. The fraction of sp³-hybridized carbons (Fsp3) is 0.696. The first-order valence-electron chi connectivity index (χ1n) is 10.2. The van der Waals surface area contributed by atoms with Crippen LogP contribution in [0.1, 0.15) is 106 Å². The Morgan fingerprint density at radius 2 is 1.64 bits per heavy atom. The smallest absolute Gasteiger partial charge is 0.180 e. The van der Waals surface area contributed by atoms with Crippen LogP contribution in [0.5, 0.6) is 0 Å². The zero-order chi connectivity index (χ0) is 19.8. The molecule has 2 aromatic rings. The third kappa shape index (κ3) is 5.11. The van der Waals surface area contributed by atoms with Crippen LogP contribution >= 0.6 is 11.3 Å². The van der Waals surface area contributed by atoms with Crippen LogP contribution < -0.4 is 0 Å². The minimum Gasteiger partial charge on any atom is -0.292 e. The number of Topliss-reactive ketones (excluding diaryl/α,β-unsaturated/α-hetero) is 1. The van der Waals surface area contributed by atoms with Crippen molar-refractivity contribution >= 4 is 17.1 Å². The van der Waals surface area contributed by atoms with Gasteiger partial charge in [-0.2, -0.15) is 5.10 Å². The molecule has 0 N–H and O–H groups in total. The molecule has 5 heteroatoms. The summed E-state index contributed by atoms with van der Waals surface area (Å²) in [6.07, 6.45) is 6.77. The summed E-state index contributed by atoms with van der Waals surface area (Å²) >= 11 is 1.93. The van der Waals surface area contributed by atoms with Crippen LogP contribution in [0.15, 0.2) is 6.07 Å². The zero-order valence-corrected chi connectivity index (χ0v) is 18.5. The highest BCUT2D eigenvalue weighted by Crippen LogP contribution is 2.33. The highest BCUT2D eigenvalue weighted by molar-refractivity contribution is 7.11. The molecule has 0 saturated heterocycles. The first kappa shape index (κ1) is 22.8. The number of rotatable bonds is 0. The van der Waals surface area contributed by atoms with E-state index in [2.05, 4.69) is 46.6 Å². The second-order valence-corrected chi connectivity index (χ2v) is 10.8. The topological polar surface area (TPSA) is 47.8 Å². The largest absolute Gasteiger partial charge is 0.292 e. The van der Waals surface area contributed by atoms with Crippen molar-refractivity contribution in [3.63, 3.8) is 0 Å². The Hall–Kier alpha value is -1.49. The van der Waals surface area contributed by atoms with Gasteiger partial charge in [-0.15, -0.1) is 11.3 Å². The summed E-state index contributed by atoms with van der Waals surface area (Å²) < 4.78 is 1.85. The van der Waals surface area contributed by atoms with E-state index in [9.17, 15) is 4.79 Å². The molecular weight excluding hydrogens is 366 g/mol. The molecule has 4 rings (SSSR count). The molecule has 1 aliphatic carbocycles. The van der Waals surface area contributed by atoms with Gasteiger partial charge in [0.15, 0.2) is 5.78 Å². The molecule has 0 amide bonds. The van der Waals surface area contributed by atoms with Crippen molar-refractivity contribution < 1.29 is 4.79 Å². The van der Waals surface area contributed by atoms with E-state index in [1.54, 1.807) is 4.88 Å². The molecule has 0 atom stereocenters. The van der Waals surface area contributed by atoms with Crippen molar-refractivity contribution in [3.8, 4) is 0 Å². The Kier molecular flexibility index (Phi) is 6.90. The van der Waals surface area contributed by atoms with Crippen LogP contribution in [-0.4, -0.2) is 20.5 Å². The van der Waals surface area contributed by atoms with E-state index in [4.69, 9.17) is 4.98 Å². The second kappa shape index (κ2) is 8.48. The van der Waals surface area contributed by atoms with Gasteiger partial charge in [0.25, 0.3) is 0 Å². The maximum atomic E-state index is 11.6. The molecule has 2 aliphatic rings. The first-order valence-corrected chi connectivity index (χ1v) is 11.0. The average molecular weight is 404 g/mol. The lowest BCUT2D eigenvalue weighted by Gasteiger charge is -2.14. The molecule has 0 spiro atoms. The monoisotopic (exact) mass is 403 g/mol. The Bertz CT molecular complexity index is 794. The molecule has 0 unspecified atom stereocenters. The Labute approximate surface area is 174 Å². The predicted molar refractivity (Wildman–Crippen MR) is 119 cm³/mol. The standard InChI is InChI=1S/C11H16N2O.C11H17NS.CH4/c1-11(2,3)10-7-8-9(14)5-4-6-13(8)12-10;1-11(2,3)10-12-8-6-4-5-7-9(8)13-10;/h7H,4-6H2,1-3H3;4-7H2,1-3H3;1H4. The zero-order valence-electron chi connectivity index (χ0n) is 17.7. The number of carbonyl (C=O) groups is 1. The van der Waals surface area contributed by atoms with Gasteiger partial charge in [-0.3, -0.25) is 9.48 Å². The van der Waals surface area contributed by atoms with E-state index in [1.165, 1.54) is 36.4 Å². The van der Waals surface area contributed by atoms with E-state index < -0.39 is 0 Å². The molecule has 0 fully saturated rings. The lowest BCUT2D eigenvalue weighted by Crippen LogP contribution is -2.17. The molecule has 156 valence electrons.